The fourth-order valence-corrected chi connectivity index (χ4v) is 2.61. The van der Waals surface area contributed by atoms with E-state index in [4.69, 9.17) is 15.2 Å². The van der Waals surface area contributed by atoms with Gasteiger partial charge in [-0.2, -0.15) is 0 Å². The maximum Gasteiger partial charge on any atom is 0.258 e. The SMILES string of the molecule is COCCNC(=O)COc1c(C)cc(Br)cc1CC(C)N. The van der Waals surface area contributed by atoms with E-state index in [1.54, 1.807) is 7.11 Å². The second-order valence-electron chi connectivity index (χ2n) is 5.02. The Hall–Kier alpha value is -1.11. The topological polar surface area (TPSA) is 73.6 Å². The molecule has 118 valence electrons. The lowest BCUT2D eigenvalue weighted by Crippen LogP contribution is -2.31. The lowest BCUT2D eigenvalue weighted by atomic mass is 10.0. The van der Waals surface area contributed by atoms with E-state index in [0.29, 0.717) is 19.6 Å². The number of nitrogens with two attached hydrogens (primary N) is 1. The minimum absolute atomic E-state index is 0.0157. The molecule has 1 aromatic rings. The molecule has 21 heavy (non-hydrogen) atoms. The van der Waals surface area contributed by atoms with E-state index in [0.717, 1.165) is 21.3 Å². The van der Waals surface area contributed by atoms with Crippen LogP contribution in [-0.2, 0) is 16.0 Å². The molecule has 0 spiro atoms. The average Bonchev–Trinajstić information content (AvgIpc) is 2.37. The first kappa shape index (κ1) is 17.9. The number of ether oxygens (including phenoxy) is 2. The van der Waals surface area contributed by atoms with Gasteiger partial charge in [-0.3, -0.25) is 4.79 Å². The number of carbonyl (C=O) groups is 1. The number of rotatable bonds is 8. The Bertz CT molecular complexity index is 478. The summed E-state index contributed by atoms with van der Waals surface area (Å²) in [5.41, 5.74) is 7.84. The fraction of sp³-hybridized carbons (Fsp3) is 0.533. The first-order valence-corrected chi connectivity index (χ1v) is 7.66. The Morgan fingerprint density at radius 3 is 2.81 bits per heavy atom. The third-order valence-corrected chi connectivity index (χ3v) is 3.29. The van der Waals surface area contributed by atoms with Crippen LogP contribution in [0.3, 0.4) is 0 Å². The normalized spacial score (nSPS) is 12.0. The van der Waals surface area contributed by atoms with E-state index < -0.39 is 0 Å². The van der Waals surface area contributed by atoms with Gasteiger partial charge < -0.3 is 20.5 Å². The van der Waals surface area contributed by atoms with Crippen LogP contribution in [0.25, 0.3) is 0 Å². The highest BCUT2D eigenvalue weighted by molar-refractivity contribution is 9.10. The molecule has 1 atom stereocenters. The van der Waals surface area contributed by atoms with Crippen molar-refractivity contribution in [2.24, 2.45) is 5.73 Å². The Kier molecular flexibility index (Phi) is 7.71. The van der Waals surface area contributed by atoms with Crippen LogP contribution < -0.4 is 15.8 Å². The fourth-order valence-electron chi connectivity index (χ4n) is 1.99. The van der Waals surface area contributed by atoms with Gasteiger partial charge in [0, 0.05) is 24.2 Å². The maximum absolute atomic E-state index is 11.7. The lowest BCUT2D eigenvalue weighted by Gasteiger charge is -2.16. The van der Waals surface area contributed by atoms with E-state index in [1.807, 2.05) is 26.0 Å². The van der Waals surface area contributed by atoms with E-state index in [-0.39, 0.29) is 18.6 Å². The molecule has 1 amide bonds. The molecule has 3 N–H and O–H groups in total. The Labute approximate surface area is 134 Å². The van der Waals surface area contributed by atoms with Crippen LogP contribution in [0.5, 0.6) is 5.75 Å². The molecule has 0 aliphatic rings. The summed E-state index contributed by atoms with van der Waals surface area (Å²) in [6, 6.07) is 3.97. The number of methoxy groups -OCH3 is 1. The summed E-state index contributed by atoms with van der Waals surface area (Å²) in [6.07, 6.45) is 0.695. The highest BCUT2D eigenvalue weighted by Gasteiger charge is 2.12. The Balaban J connectivity index is 2.70. The van der Waals surface area contributed by atoms with Crippen LogP contribution in [-0.4, -0.2) is 38.8 Å². The average molecular weight is 359 g/mol. The molecule has 0 aromatic heterocycles. The van der Waals surface area contributed by atoms with Gasteiger partial charge in [-0.25, -0.2) is 0 Å². The van der Waals surface area contributed by atoms with Gasteiger partial charge >= 0.3 is 0 Å². The summed E-state index contributed by atoms with van der Waals surface area (Å²) in [5, 5.41) is 2.72. The van der Waals surface area contributed by atoms with Gasteiger partial charge in [-0.05, 0) is 43.5 Å². The number of benzene rings is 1. The van der Waals surface area contributed by atoms with Crippen molar-refractivity contribution in [2.75, 3.05) is 26.9 Å². The number of halogens is 1. The Morgan fingerprint density at radius 2 is 2.19 bits per heavy atom. The smallest absolute Gasteiger partial charge is 0.258 e. The molecule has 1 aromatic carbocycles. The van der Waals surface area contributed by atoms with Gasteiger partial charge in [0.2, 0.25) is 0 Å². The monoisotopic (exact) mass is 358 g/mol. The van der Waals surface area contributed by atoms with E-state index in [2.05, 4.69) is 21.2 Å². The number of aryl methyl sites for hydroxylation is 1. The van der Waals surface area contributed by atoms with Crippen molar-refractivity contribution in [3.05, 3.63) is 27.7 Å². The molecule has 0 saturated carbocycles. The molecule has 0 aliphatic heterocycles. The van der Waals surface area contributed by atoms with Crippen LogP contribution in [0.2, 0.25) is 0 Å². The van der Waals surface area contributed by atoms with Crippen molar-refractivity contribution >= 4 is 21.8 Å². The van der Waals surface area contributed by atoms with Gasteiger partial charge in [0.15, 0.2) is 6.61 Å². The standard InChI is InChI=1S/C15H23BrN2O3/c1-10-6-13(16)8-12(7-11(2)17)15(10)21-9-14(19)18-4-5-20-3/h6,8,11H,4-5,7,9,17H2,1-3H3,(H,18,19). The minimum atomic E-state index is -0.166. The van der Waals surface area contributed by atoms with Gasteiger partial charge in [0.25, 0.3) is 5.91 Å². The maximum atomic E-state index is 11.7. The van der Waals surface area contributed by atoms with Gasteiger partial charge in [0.05, 0.1) is 6.61 Å². The number of amides is 1. The lowest BCUT2D eigenvalue weighted by molar-refractivity contribution is -0.123. The van der Waals surface area contributed by atoms with Crippen LogP contribution in [0.15, 0.2) is 16.6 Å². The number of hydrogen-bond donors (Lipinski definition) is 2. The predicted octanol–water partition coefficient (Wildman–Crippen LogP) is 1.79. The van der Waals surface area contributed by atoms with Gasteiger partial charge in [-0.1, -0.05) is 15.9 Å². The number of hydrogen-bond acceptors (Lipinski definition) is 4. The van der Waals surface area contributed by atoms with Crippen molar-refractivity contribution in [1.29, 1.82) is 0 Å². The molecule has 0 radical (unpaired) electrons. The molecule has 0 bridgehead atoms. The zero-order valence-corrected chi connectivity index (χ0v) is 14.3. The second-order valence-corrected chi connectivity index (χ2v) is 5.94. The molecule has 0 saturated heterocycles. The van der Waals surface area contributed by atoms with Crippen LogP contribution >= 0.6 is 15.9 Å². The van der Waals surface area contributed by atoms with Crippen molar-refractivity contribution in [3.63, 3.8) is 0 Å². The van der Waals surface area contributed by atoms with Gasteiger partial charge in [0.1, 0.15) is 5.75 Å². The van der Waals surface area contributed by atoms with Crippen molar-refractivity contribution in [3.8, 4) is 5.75 Å². The third-order valence-electron chi connectivity index (χ3n) is 2.83. The second kappa shape index (κ2) is 9.02. The molecule has 6 heteroatoms. The summed E-state index contributed by atoms with van der Waals surface area (Å²) in [4.78, 5) is 11.7. The summed E-state index contributed by atoms with van der Waals surface area (Å²) < 4.78 is 11.5. The first-order chi connectivity index (χ1) is 9.93. The van der Waals surface area contributed by atoms with Crippen LogP contribution in [0.4, 0.5) is 0 Å². The van der Waals surface area contributed by atoms with Crippen LogP contribution in [0.1, 0.15) is 18.1 Å². The highest BCUT2D eigenvalue weighted by Crippen LogP contribution is 2.29. The number of carbonyl (C=O) groups excluding carboxylic acids is 1. The van der Waals surface area contributed by atoms with E-state index in [1.165, 1.54) is 0 Å². The molecular formula is C15H23BrN2O3. The highest BCUT2D eigenvalue weighted by atomic mass is 79.9. The van der Waals surface area contributed by atoms with Gasteiger partial charge in [-0.15, -0.1) is 0 Å². The Morgan fingerprint density at radius 1 is 1.48 bits per heavy atom. The third kappa shape index (κ3) is 6.46. The zero-order valence-electron chi connectivity index (χ0n) is 12.7. The molecule has 5 nitrogen and oxygen atoms in total. The predicted molar refractivity (Wildman–Crippen MR) is 86.6 cm³/mol. The van der Waals surface area contributed by atoms with Crippen molar-refractivity contribution < 1.29 is 14.3 Å². The molecule has 0 aliphatic carbocycles. The number of nitrogens with one attached hydrogen (secondary N) is 1. The van der Waals surface area contributed by atoms with Crippen LogP contribution in [0, 0.1) is 6.92 Å². The molecular weight excluding hydrogens is 336 g/mol. The molecule has 1 rings (SSSR count). The summed E-state index contributed by atoms with van der Waals surface area (Å²) in [6.45, 7) is 4.84. The summed E-state index contributed by atoms with van der Waals surface area (Å²) in [7, 11) is 1.59. The summed E-state index contributed by atoms with van der Waals surface area (Å²) >= 11 is 3.47. The van der Waals surface area contributed by atoms with E-state index in [9.17, 15) is 4.79 Å². The zero-order chi connectivity index (χ0) is 15.8. The van der Waals surface area contributed by atoms with E-state index >= 15 is 0 Å². The summed E-state index contributed by atoms with van der Waals surface area (Å²) in [5.74, 6) is 0.568. The minimum Gasteiger partial charge on any atom is -0.483 e. The quantitative estimate of drug-likeness (QED) is 0.694. The first-order valence-electron chi connectivity index (χ1n) is 6.87. The van der Waals surface area contributed by atoms with Crippen molar-refractivity contribution in [1.82, 2.24) is 5.32 Å². The molecule has 0 heterocycles. The largest absolute Gasteiger partial charge is 0.483 e. The molecule has 0 fully saturated rings. The molecule has 1 unspecified atom stereocenters. The van der Waals surface area contributed by atoms with Crippen molar-refractivity contribution in [2.45, 2.75) is 26.3 Å².